The van der Waals surface area contributed by atoms with Crippen LogP contribution in [0, 0.1) is 23.2 Å². The molecule has 10 nitrogen and oxygen atoms in total. The van der Waals surface area contributed by atoms with E-state index in [0.29, 0.717) is 24.4 Å². The number of hydrazine groups is 1. The van der Waals surface area contributed by atoms with E-state index >= 15 is 0 Å². The quantitative estimate of drug-likeness (QED) is 0.320. The van der Waals surface area contributed by atoms with Gasteiger partial charge in [-0.1, -0.05) is 38.8 Å². The highest BCUT2D eigenvalue weighted by Gasteiger charge is 2.52. The fraction of sp³-hybridized carbons (Fsp3) is 0.783. The molecule has 1 aliphatic carbocycles. The summed E-state index contributed by atoms with van der Waals surface area (Å²) in [7, 11) is 0. The van der Waals surface area contributed by atoms with E-state index < -0.39 is 59.1 Å². The van der Waals surface area contributed by atoms with Crippen molar-refractivity contribution in [1.29, 1.82) is 0 Å². The van der Waals surface area contributed by atoms with Gasteiger partial charge in [-0.15, -0.1) is 0 Å². The zero-order chi connectivity index (χ0) is 27.7. The third-order valence-electron chi connectivity index (χ3n) is 7.30. The fourth-order valence-corrected chi connectivity index (χ4v) is 5.55. The smallest absolute Gasteiger partial charge is 0.315 e. The number of rotatable bonds is 7. The number of nitrogens with zero attached hydrogens (tertiary/aromatic N) is 2. The number of hydrogen-bond acceptors (Lipinski definition) is 5. The van der Waals surface area contributed by atoms with Gasteiger partial charge >= 0.3 is 6.43 Å². The second-order valence-corrected chi connectivity index (χ2v) is 11.3. The SMILES string of the molecule is CC(C)(C)C(NC(=O)C(F)F)C(=O)N1C[C@@H]2CCC[C@@H]2[C@H]1C(=O)NN(C[C@@H]1CCNC1=O)C(=O)C(F)Cl. The maximum atomic E-state index is 13.7. The lowest BCUT2D eigenvalue weighted by Crippen LogP contribution is -2.61. The van der Waals surface area contributed by atoms with Crippen molar-refractivity contribution in [3.05, 3.63) is 0 Å². The zero-order valence-corrected chi connectivity index (χ0v) is 21.7. The molecule has 208 valence electrons. The maximum absolute atomic E-state index is 13.7. The average Bonchev–Trinajstić information content (AvgIpc) is 3.51. The van der Waals surface area contributed by atoms with Crippen molar-refractivity contribution < 1.29 is 37.1 Å². The minimum absolute atomic E-state index is 0.0437. The molecule has 2 aliphatic heterocycles. The Bertz CT molecular complexity index is 931. The molecule has 37 heavy (non-hydrogen) atoms. The van der Waals surface area contributed by atoms with Crippen LogP contribution in [0.4, 0.5) is 13.2 Å². The largest absolute Gasteiger partial charge is 0.356 e. The molecule has 0 bridgehead atoms. The summed E-state index contributed by atoms with van der Waals surface area (Å²) in [5.74, 6) is -5.70. The van der Waals surface area contributed by atoms with Crippen LogP contribution < -0.4 is 16.1 Å². The lowest BCUT2D eigenvalue weighted by atomic mass is 9.85. The first kappa shape index (κ1) is 29.0. The van der Waals surface area contributed by atoms with Crippen molar-refractivity contribution in [2.45, 2.75) is 70.6 Å². The average molecular weight is 552 g/mol. The van der Waals surface area contributed by atoms with E-state index in [-0.39, 0.29) is 30.8 Å². The Morgan fingerprint density at radius 1 is 1.16 bits per heavy atom. The number of nitrogens with one attached hydrogen (secondary N) is 3. The second kappa shape index (κ2) is 11.4. The number of alkyl halides is 4. The third-order valence-corrected chi connectivity index (χ3v) is 7.49. The first-order valence-electron chi connectivity index (χ1n) is 12.3. The molecule has 0 spiro atoms. The molecule has 0 aromatic heterocycles. The predicted octanol–water partition coefficient (Wildman–Crippen LogP) is 0.940. The van der Waals surface area contributed by atoms with Crippen LogP contribution in [0.2, 0.25) is 0 Å². The molecule has 3 aliphatic rings. The van der Waals surface area contributed by atoms with Crippen molar-refractivity contribution in [3.8, 4) is 0 Å². The molecule has 2 unspecified atom stereocenters. The summed E-state index contributed by atoms with van der Waals surface area (Å²) >= 11 is 5.35. The molecular formula is C23H33ClF3N5O5. The minimum Gasteiger partial charge on any atom is -0.356 e. The van der Waals surface area contributed by atoms with Gasteiger partial charge in [0.2, 0.25) is 11.8 Å². The molecule has 1 saturated carbocycles. The molecule has 0 radical (unpaired) electrons. The molecule has 3 fully saturated rings. The summed E-state index contributed by atoms with van der Waals surface area (Å²) in [4.78, 5) is 64.6. The maximum Gasteiger partial charge on any atom is 0.315 e. The molecule has 6 atom stereocenters. The summed E-state index contributed by atoms with van der Waals surface area (Å²) in [6.45, 7) is 5.02. The Balaban J connectivity index is 1.86. The summed E-state index contributed by atoms with van der Waals surface area (Å²) < 4.78 is 39.7. The normalized spacial score (nSPS) is 26.9. The van der Waals surface area contributed by atoms with Gasteiger partial charge < -0.3 is 15.5 Å². The highest BCUT2D eigenvalue weighted by Crippen LogP contribution is 2.43. The topological polar surface area (TPSA) is 128 Å². The predicted molar refractivity (Wildman–Crippen MR) is 125 cm³/mol. The number of carbonyl (C=O) groups excluding carboxylic acids is 5. The fourth-order valence-electron chi connectivity index (χ4n) is 5.44. The van der Waals surface area contributed by atoms with Gasteiger partial charge in [0.25, 0.3) is 23.4 Å². The minimum atomic E-state index is -3.33. The molecule has 0 aromatic rings. The van der Waals surface area contributed by atoms with Crippen LogP contribution >= 0.6 is 11.6 Å². The highest BCUT2D eigenvalue weighted by atomic mass is 35.5. The van der Waals surface area contributed by atoms with Gasteiger partial charge in [-0.2, -0.15) is 8.78 Å². The van der Waals surface area contributed by atoms with E-state index in [2.05, 4.69) is 16.1 Å². The molecular weight excluding hydrogens is 519 g/mol. The third kappa shape index (κ3) is 6.47. The van der Waals surface area contributed by atoms with Crippen LogP contribution in [0.1, 0.15) is 46.5 Å². The van der Waals surface area contributed by atoms with Crippen LogP contribution in [-0.2, 0) is 24.0 Å². The number of likely N-dealkylation sites (tertiary alicyclic amines) is 1. The highest BCUT2D eigenvalue weighted by molar-refractivity contribution is 6.29. The van der Waals surface area contributed by atoms with Crippen molar-refractivity contribution in [2.75, 3.05) is 19.6 Å². The molecule has 5 amide bonds. The lowest BCUT2D eigenvalue weighted by Gasteiger charge is -2.37. The van der Waals surface area contributed by atoms with Crippen molar-refractivity contribution in [2.24, 2.45) is 23.2 Å². The number of halogens is 4. The Labute approximate surface area is 217 Å². The van der Waals surface area contributed by atoms with E-state index in [4.69, 9.17) is 11.6 Å². The van der Waals surface area contributed by atoms with Gasteiger partial charge in [0, 0.05) is 13.1 Å². The number of hydrogen-bond donors (Lipinski definition) is 3. The van der Waals surface area contributed by atoms with Gasteiger partial charge in [-0.25, -0.2) is 9.40 Å². The number of fused-ring (bicyclic) bond motifs is 1. The van der Waals surface area contributed by atoms with Crippen LogP contribution in [-0.4, -0.2) is 83.2 Å². The van der Waals surface area contributed by atoms with Crippen molar-refractivity contribution in [3.63, 3.8) is 0 Å². The first-order valence-corrected chi connectivity index (χ1v) is 12.7. The Kier molecular flexibility index (Phi) is 8.97. The zero-order valence-electron chi connectivity index (χ0n) is 20.9. The van der Waals surface area contributed by atoms with Gasteiger partial charge in [0.15, 0.2) is 0 Å². The van der Waals surface area contributed by atoms with Gasteiger partial charge in [0.1, 0.15) is 12.1 Å². The molecule has 0 aromatic carbocycles. The van der Waals surface area contributed by atoms with E-state index in [9.17, 15) is 37.1 Å². The summed E-state index contributed by atoms with van der Waals surface area (Å²) in [5.41, 5.74) is -1.07. The second-order valence-electron chi connectivity index (χ2n) is 10.9. The van der Waals surface area contributed by atoms with E-state index in [1.54, 1.807) is 20.8 Å². The standard InChI is InChI=1S/C23H33ClF3N5O5/c1-23(2,3)15(29-20(35)17(26)27)21(36)31-9-11-5-4-6-13(11)14(31)19(34)30-32(22(37)16(24)25)10-12-7-8-28-18(12)33/h11-17H,4-10H2,1-3H3,(H,28,33)(H,29,35)(H,30,34)/t11-,12-,13-,14-,15?,16?/m0/s1. The van der Waals surface area contributed by atoms with Crippen LogP contribution in [0.25, 0.3) is 0 Å². The van der Waals surface area contributed by atoms with Crippen LogP contribution in [0.3, 0.4) is 0 Å². The van der Waals surface area contributed by atoms with Crippen LogP contribution in [0.15, 0.2) is 0 Å². The number of carbonyl (C=O) groups is 5. The van der Waals surface area contributed by atoms with E-state index in [1.807, 2.05) is 0 Å². The summed E-state index contributed by atoms with van der Waals surface area (Å²) in [6.07, 6.45) is -0.804. The van der Waals surface area contributed by atoms with E-state index in [0.717, 1.165) is 12.8 Å². The molecule has 2 saturated heterocycles. The van der Waals surface area contributed by atoms with Crippen molar-refractivity contribution >= 4 is 41.1 Å². The number of amides is 5. The van der Waals surface area contributed by atoms with Gasteiger partial charge in [-0.05, 0) is 36.5 Å². The summed E-state index contributed by atoms with van der Waals surface area (Å²) in [5, 5.41) is 5.36. The molecule has 3 rings (SSSR count). The summed E-state index contributed by atoms with van der Waals surface area (Å²) in [6, 6.07) is -2.43. The van der Waals surface area contributed by atoms with Gasteiger partial charge in [-0.3, -0.25) is 29.4 Å². The Hall–Kier alpha value is -2.57. The molecule has 3 N–H and O–H groups in total. The molecule has 14 heteroatoms. The lowest BCUT2D eigenvalue weighted by molar-refractivity contribution is -0.151. The van der Waals surface area contributed by atoms with Gasteiger partial charge in [0.05, 0.1) is 12.5 Å². The first-order chi connectivity index (χ1) is 17.2. The Morgan fingerprint density at radius 3 is 2.38 bits per heavy atom. The Morgan fingerprint density at radius 2 is 1.84 bits per heavy atom. The van der Waals surface area contributed by atoms with E-state index in [1.165, 1.54) is 4.90 Å². The van der Waals surface area contributed by atoms with Crippen LogP contribution in [0.5, 0.6) is 0 Å². The van der Waals surface area contributed by atoms with Crippen molar-refractivity contribution in [1.82, 2.24) is 26.0 Å². The molecule has 2 heterocycles. The monoisotopic (exact) mass is 551 g/mol.